The van der Waals surface area contributed by atoms with Gasteiger partial charge in [0.15, 0.2) is 6.10 Å². The monoisotopic (exact) mass is 858 g/mol. The number of allylic oxidation sites excluding steroid dienone is 16. The zero-order valence-electron chi connectivity index (χ0n) is 37.7. The number of esters is 2. The normalized spacial score (nSPS) is 14.1. The van der Waals surface area contributed by atoms with E-state index in [2.05, 4.69) is 111 Å². The molecule has 0 aliphatic carbocycles. The Morgan fingerprint density at radius 2 is 0.917 bits per heavy atom. The Morgan fingerprint density at radius 3 is 1.37 bits per heavy atom. The van der Waals surface area contributed by atoms with E-state index in [9.17, 15) is 19.0 Å². The molecule has 0 bridgehead atoms. The number of phosphoric ester groups is 1. The third-order valence-corrected chi connectivity index (χ3v) is 10.2. The molecule has 0 amide bonds. The summed E-state index contributed by atoms with van der Waals surface area (Å²) in [5.41, 5.74) is 5.34. The predicted molar refractivity (Wildman–Crippen MR) is 252 cm³/mol. The van der Waals surface area contributed by atoms with Gasteiger partial charge in [0, 0.05) is 19.4 Å². The van der Waals surface area contributed by atoms with E-state index in [1.54, 1.807) is 0 Å². The Balaban J connectivity index is 4.14. The van der Waals surface area contributed by atoms with Crippen LogP contribution in [-0.2, 0) is 32.7 Å². The van der Waals surface area contributed by atoms with Crippen LogP contribution in [0.15, 0.2) is 97.2 Å². The van der Waals surface area contributed by atoms with Crippen molar-refractivity contribution in [1.82, 2.24) is 0 Å². The van der Waals surface area contributed by atoms with Crippen molar-refractivity contribution in [3.05, 3.63) is 97.2 Å². The predicted octanol–water partition coefficient (Wildman–Crippen LogP) is 13.8. The van der Waals surface area contributed by atoms with Crippen molar-refractivity contribution in [2.24, 2.45) is 5.73 Å². The molecule has 0 aromatic heterocycles. The van der Waals surface area contributed by atoms with Crippen LogP contribution in [0.4, 0.5) is 0 Å². The van der Waals surface area contributed by atoms with Gasteiger partial charge < -0.3 is 20.1 Å². The largest absolute Gasteiger partial charge is 0.472 e. The van der Waals surface area contributed by atoms with Crippen LogP contribution in [0.1, 0.15) is 174 Å². The fourth-order valence-corrected chi connectivity index (χ4v) is 6.59. The van der Waals surface area contributed by atoms with Crippen molar-refractivity contribution in [3.8, 4) is 0 Å². The summed E-state index contributed by atoms with van der Waals surface area (Å²) in [5, 5.41) is 0. The second-order valence-corrected chi connectivity index (χ2v) is 16.3. The van der Waals surface area contributed by atoms with E-state index in [1.165, 1.54) is 44.9 Å². The first-order valence-corrected chi connectivity index (χ1v) is 24.7. The number of phosphoric acid groups is 1. The molecule has 342 valence electrons. The summed E-state index contributed by atoms with van der Waals surface area (Å²) in [6, 6.07) is 0. The van der Waals surface area contributed by atoms with Crippen molar-refractivity contribution in [2.75, 3.05) is 26.4 Å². The number of carbonyl (C=O) groups excluding carboxylic acids is 2. The number of rotatable bonds is 42. The van der Waals surface area contributed by atoms with Gasteiger partial charge in [-0.2, -0.15) is 0 Å². The number of nitrogens with two attached hydrogens (primary N) is 1. The second-order valence-electron chi connectivity index (χ2n) is 14.9. The molecule has 9 nitrogen and oxygen atoms in total. The van der Waals surface area contributed by atoms with Crippen LogP contribution in [0, 0.1) is 0 Å². The van der Waals surface area contributed by atoms with Gasteiger partial charge in [-0.1, -0.05) is 182 Å². The van der Waals surface area contributed by atoms with E-state index in [-0.39, 0.29) is 32.6 Å². The smallest absolute Gasteiger partial charge is 0.462 e. The van der Waals surface area contributed by atoms with Gasteiger partial charge in [0.25, 0.3) is 0 Å². The first-order chi connectivity index (χ1) is 29.3. The molecule has 2 unspecified atom stereocenters. The topological polar surface area (TPSA) is 134 Å². The van der Waals surface area contributed by atoms with E-state index < -0.39 is 32.5 Å². The maximum Gasteiger partial charge on any atom is 0.472 e. The van der Waals surface area contributed by atoms with Crippen LogP contribution in [0.3, 0.4) is 0 Å². The summed E-state index contributed by atoms with van der Waals surface area (Å²) < 4.78 is 32.7. The Bertz CT molecular complexity index is 1300. The Morgan fingerprint density at radius 1 is 0.517 bits per heavy atom. The van der Waals surface area contributed by atoms with Gasteiger partial charge >= 0.3 is 19.8 Å². The molecule has 0 fully saturated rings. The summed E-state index contributed by atoms with van der Waals surface area (Å²) >= 11 is 0. The SMILES string of the molecule is CC/C=C\C/C=C\C/C=C\C/C=C\C/C=C\C/C=C\C/C=C\C/C=C\CCCCCCC(=O)OC(COC(=O)CCCCCCCCCCCC)COP(=O)(O)OCCN. The number of hydrogen-bond acceptors (Lipinski definition) is 8. The van der Waals surface area contributed by atoms with Gasteiger partial charge in [0.2, 0.25) is 0 Å². The molecule has 0 aromatic carbocycles. The van der Waals surface area contributed by atoms with Crippen LogP contribution < -0.4 is 5.73 Å². The van der Waals surface area contributed by atoms with Crippen LogP contribution in [-0.4, -0.2) is 49.3 Å². The standard InChI is InChI=1S/C50H84NO8P/c1-3-5-7-9-11-13-15-16-17-18-19-20-21-22-23-24-25-26-27-28-29-30-31-32-33-35-37-39-41-43-50(53)59-48(47-58-60(54,55)57-45-44-51)46-56-49(52)42-40-38-36-34-14-12-10-8-6-4-2/h5,7,11,13,16-17,19-20,22-23,25-26,28-29,31-32,48H,3-4,6,8-10,12,14-15,18,21,24,27,30,33-47,51H2,1-2H3,(H,54,55)/b7-5-,13-11-,17-16-,20-19-,23-22-,26-25-,29-28-,32-31-. The van der Waals surface area contributed by atoms with Gasteiger partial charge in [0.05, 0.1) is 13.2 Å². The zero-order chi connectivity index (χ0) is 43.9. The minimum atomic E-state index is -4.39. The lowest BCUT2D eigenvalue weighted by atomic mass is 10.1. The van der Waals surface area contributed by atoms with E-state index in [1.807, 2.05) is 0 Å². The molecule has 0 radical (unpaired) electrons. The van der Waals surface area contributed by atoms with E-state index in [4.69, 9.17) is 24.3 Å². The molecule has 2 atom stereocenters. The summed E-state index contributed by atoms with van der Waals surface area (Å²) in [5.74, 6) is -0.867. The molecule has 0 saturated heterocycles. The van der Waals surface area contributed by atoms with Gasteiger partial charge in [-0.05, 0) is 77.0 Å². The van der Waals surface area contributed by atoms with E-state index in [0.717, 1.165) is 96.3 Å². The summed E-state index contributed by atoms with van der Waals surface area (Å²) in [4.78, 5) is 34.8. The molecular formula is C50H84NO8P. The van der Waals surface area contributed by atoms with Crippen LogP contribution in [0.25, 0.3) is 0 Å². The summed E-state index contributed by atoms with van der Waals surface area (Å²) in [6.07, 6.45) is 58.8. The molecular weight excluding hydrogens is 774 g/mol. The molecule has 0 saturated carbocycles. The molecule has 0 spiro atoms. The zero-order valence-corrected chi connectivity index (χ0v) is 38.5. The lowest BCUT2D eigenvalue weighted by molar-refractivity contribution is -0.161. The highest BCUT2D eigenvalue weighted by Crippen LogP contribution is 2.43. The molecule has 10 heteroatoms. The van der Waals surface area contributed by atoms with Crippen molar-refractivity contribution in [1.29, 1.82) is 0 Å². The van der Waals surface area contributed by atoms with Gasteiger partial charge in [-0.3, -0.25) is 18.6 Å². The van der Waals surface area contributed by atoms with Crippen molar-refractivity contribution < 1.29 is 37.6 Å². The maximum absolute atomic E-state index is 12.6. The highest BCUT2D eigenvalue weighted by atomic mass is 31.2. The second kappa shape index (κ2) is 45.5. The van der Waals surface area contributed by atoms with Gasteiger partial charge in [-0.25, -0.2) is 4.57 Å². The first kappa shape index (κ1) is 56.9. The highest BCUT2D eigenvalue weighted by molar-refractivity contribution is 7.47. The summed E-state index contributed by atoms with van der Waals surface area (Å²) in [6.45, 7) is 3.55. The van der Waals surface area contributed by atoms with Gasteiger partial charge in [-0.15, -0.1) is 0 Å². The molecule has 0 heterocycles. The lowest BCUT2D eigenvalue weighted by Crippen LogP contribution is -2.29. The van der Waals surface area contributed by atoms with Crippen LogP contribution in [0.2, 0.25) is 0 Å². The lowest BCUT2D eigenvalue weighted by Gasteiger charge is -2.19. The minimum Gasteiger partial charge on any atom is -0.462 e. The van der Waals surface area contributed by atoms with Crippen molar-refractivity contribution in [3.63, 3.8) is 0 Å². The summed E-state index contributed by atoms with van der Waals surface area (Å²) in [7, 11) is -4.39. The van der Waals surface area contributed by atoms with Crippen molar-refractivity contribution in [2.45, 2.75) is 180 Å². The molecule has 0 aliphatic rings. The maximum atomic E-state index is 12.6. The average molecular weight is 858 g/mol. The number of carbonyl (C=O) groups is 2. The average Bonchev–Trinajstić information content (AvgIpc) is 3.24. The number of hydrogen-bond donors (Lipinski definition) is 2. The molecule has 3 N–H and O–H groups in total. The third-order valence-electron chi connectivity index (χ3n) is 9.23. The minimum absolute atomic E-state index is 0.0445. The van der Waals surface area contributed by atoms with Crippen LogP contribution >= 0.6 is 7.82 Å². The number of ether oxygens (including phenoxy) is 2. The third kappa shape index (κ3) is 44.5. The molecule has 0 aromatic rings. The Hall–Kier alpha value is -3.07. The van der Waals surface area contributed by atoms with E-state index in [0.29, 0.717) is 6.42 Å². The first-order valence-electron chi connectivity index (χ1n) is 23.2. The fraction of sp³-hybridized carbons (Fsp3) is 0.640. The molecule has 0 rings (SSSR count). The molecule has 60 heavy (non-hydrogen) atoms. The fourth-order valence-electron chi connectivity index (χ4n) is 5.83. The Kier molecular flexibility index (Phi) is 43.1. The highest BCUT2D eigenvalue weighted by Gasteiger charge is 2.26. The van der Waals surface area contributed by atoms with E-state index >= 15 is 0 Å². The Labute approximate surface area is 366 Å². The van der Waals surface area contributed by atoms with Crippen LogP contribution in [0.5, 0.6) is 0 Å². The number of unbranched alkanes of at least 4 members (excludes halogenated alkanes) is 13. The van der Waals surface area contributed by atoms with Crippen molar-refractivity contribution >= 4 is 19.8 Å². The van der Waals surface area contributed by atoms with Gasteiger partial charge in [0.1, 0.15) is 6.61 Å². The molecule has 0 aliphatic heterocycles. The quantitative estimate of drug-likeness (QED) is 0.0266.